The van der Waals surface area contributed by atoms with Crippen molar-refractivity contribution in [2.45, 2.75) is 82.7 Å². The molecule has 1 aromatic heterocycles. The number of carbonyl (C=O) groups is 4. The highest BCUT2D eigenvalue weighted by molar-refractivity contribution is 6.01. The number of anilines is 4. The van der Waals surface area contributed by atoms with Crippen molar-refractivity contribution in [1.82, 2.24) is 25.1 Å². The summed E-state index contributed by atoms with van der Waals surface area (Å²) >= 11 is 0. The van der Waals surface area contributed by atoms with Crippen molar-refractivity contribution in [3.8, 4) is 11.3 Å². The Bertz CT molecular complexity index is 1990. The summed E-state index contributed by atoms with van der Waals surface area (Å²) in [7, 11) is 0. The maximum Gasteiger partial charge on any atom is 0.249 e. The van der Waals surface area contributed by atoms with Crippen LogP contribution in [0.1, 0.15) is 70.6 Å². The zero-order valence-corrected chi connectivity index (χ0v) is 32.9. The van der Waals surface area contributed by atoms with Gasteiger partial charge < -0.3 is 25.3 Å². The molecule has 5 heterocycles. The normalized spacial score (nSPS) is 23.8. The van der Waals surface area contributed by atoms with Gasteiger partial charge in [-0.1, -0.05) is 12.1 Å². The Morgan fingerprint density at radius 3 is 2.34 bits per heavy atom. The number of rotatable bonds is 10. The number of hydrogen-bond acceptors (Lipinski definition) is 10. The average Bonchev–Trinajstić information content (AvgIpc) is 3.23. The Morgan fingerprint density at radius 1 is 0.810 bits per heavy atom. The van der Waals surface area contributed by atoms with Crippen LogP contribution in [0, 0.1) is 23.5 Å². The van der Waals surface area contributed by atoms with Gasteiger partial charge in [0.05, 0.1) is 11.9 Å². The first-order valence-corrected chi connectivity index (χ1v) is 21.0. The van der Waals surface area contributed by atoms with E-state index in [0.29, 0.717) is 48.2 Å². The summed E-state index contributed by atoms with van der Waals surface area (Å²) in [6.45, 7) is 6.28. The molecule has 1 atom stereocenters. The number of likely N-dealkylation sites (tertiary alicyclic amines) is 1. The Kier molecular flexibility index (Phi) is 12.1. The van der Waals surface area contributed by atoms with Gasteiger partial charge in [0.2, 0.25) is 29.6 Å². The van der Waals surface area contributed by atoms with Gasteiger partial charge >= 0.3 is 0 Å². The lowest BCUT2D eigenvalue weighted by atomic mass is 9.84. The van der Waals surface area contributed by atoms with Crippen LogP contribution in [0.25, 0.3) is 11.3 Å². The number of hydrogen-bond donors (Lipinski definition) is 3. The lowest BCUT2D eigenvalue weighted by molar-refractivity contribution is -0.138. The first kappa shape index (κ1) is 39.6. The molecule has 1 aliphatic carbocycles. The molecule has 0 bridgehead atoms. The Balaban J connectivity index is 0.755. The number of halogens is 2. The number of amides is 4. The molecular formula is C43H53F2N9O4. The van der Waals surface area contributed by atoms with Crippen LogP contribution in [0.5, 0.6) is 0 Å². The van der Waals surface area contributed by atoms with Crippen molar-refractivity contribution in [2.24, 2.45) is 11.8 Å². The number of nitrogens with zero attached hydrogens (tertiary/aromatic N) is 6. The maximum atomic E-state index is 15.2. The molecule has 4 aliphatic heterocycles. The van der Waals surface area contributed by atoms with E-state index < -0.39 is 11.9 Å². The number of aromatic nitrogens is 2. The fourth-order valence-electron chi connectivity index (χ4n) is 9.22. The summed E-state index contributed by atoms with van der Waals surface area (Å²) in [5.74, 6) is -0.329. The predicted octanol–water partition coefficient (Wildman–Crippen LogP) is 5.19. The van der Waals surface area contributed by atoms with Crippen LogP contribution in [0.4, 0.5) is 31.8 Å². The molecule has 0 radical (unpaired) electrons. The molecule has 5 aliphatic rings. The fraction of sp³-hybridized carbons (Fsp3) is 0.535. The van der Waals surface area contributed by atoms with Crippen molar-refractivity contribution in [1.29, 1.82) is 0 Å². The van der Waals surface area contributed by atoms with E-state index in [1.54, 1.807) is 23.1 Å². The number of piperazine rings is 1. The molecular weight excluding hydrogens is 745 g/mol. The third-order valence-electron chi connectivity index (χ3n) is 12.6. The van der Waals surface area contributed by atoms with E-state index in [-0.39, 0.29) is 53.5 Å². The fourth-order valence-corrected chi connectivity index (χ4v) is 9.22. The second kappa shape index (κ2) is 17.8. The van der Waals surface area contributed by atoms with Crippen LogP contribution < -0.4 is 25.8 Å². The summed E-state index contributed by atoms with van der Waals surface area (Å²) in [5, 5.41) is 8.76. The summed E-state index contributed by atoms with van der Waals surface area (Å²) in [6.07, 6.45) is 9.29. The molecule has 308 valence electrons. The van der Waals surface area contributed by atoms with E-state index >= 15 is 4.39 Å². The van der Waals surface area contributed by atoms with E-state index in [1.165, 1.54) is 12.3 Å². The number of nitrogens with one attached hydrogen (secondary N) is 3. The van der Waals surface area contributed by atoms with Crippen molar-refractivity contribution in [3.63, 3.8) is 0 Å². The molecule has 5 fully saturated rings. The molecule has 2 aromatic carbocycles. The maximum absolute atomic E-state index is 15.2. The molecule has 1 saturated carbocycles. The van der Waals surface area contributed by atoms with Crippen LogP contribution in [-0.2, 0) is 19.2 Å². The van der Waals surface area contributed by atoms with Gasteiger partial charge in [0.1, 0.15) is 17.6 Å². The van der Waals surface area contributed by atoms with Gasteiger partial charge in [-0.2, -0.15) is 0 Å². The number of imide groups is 1. The van der Waals surface area contributed by atoms with Crippen molar-refractivity contribution in [3.05, 3.63) is 60.3 Å². The average molecular weight is 798 g/mol. The quantitative estimate of drug-likeness (QED) is 0.235. The first-order chi connectivity index (χ1) is 28.2. The molecule has 13 nitrogen and oxygen atoms in total. The second-order valence-corrected chi connectivity index (χ2v) is 16.5. The zero-order valence-electron chi connectivity index (χ0n) is 32.9. The molecule has 15 heteroatoms. The van der Waals surface area contributed by atoms with Gasteiger partial charge in [-0.25, -0.2) is 18.7 Å². The molecule has 3 aromatic rings. The third-order valence-corrected chi connectivity index (χ3v) is 12.6. The molecule has 4 saturated heterocycles. The summed E-state index contributed by atoms with van der Waals surface area (Å²) in [4.78, 5) is 66.7. The van der Waals surface area contributed by atoms with Crippen LogP contribution in [0.3, 0.4) is 0 Å². The molecule has 3 N–H and O–H groups in total. The summed E-state index contributed by atoms with van der Waals surface area (Å²) < 4.78 is 30.2. The molecule has 1 unspecified atom stereocenters. The minimum atomic E-state index is -0.559. The SMILES string of the molecule is O=C1CCC(Nc2ccc(N3CCN(CC4CCN(C(=O)C5CCC(Nc6ncc(F)c(-c7cccc(N8CCCCC8=O)c7)n6)CC5)CC4)CC3)c(F)c2)C(=O)N1. The van der Waals surface area contributed by atoms with E-state index in [4.69, 9.17) is 0 Å². The van der Waals surface area contributed by atoms with E-state index in [9.17, 15) is 23.6 Å². The number of benzene rings is 2. The third kappa shape index (κ3) is 9.24. The Labute approximate surface area is 337 Å². The molecule has 58 heavy (non-hydrogen) atoms. The monoisotopic (exact) mass is 797 g/mol. The summed E-state index contributed by atoms with van der Waals surface area (Å²) in [5.41, 5.74) is 2.60. The smallest absolute Gasteiger partial charge is 0.249 e. The lowest BCUT2D eigenvalue weighted by Gasteiger charge is -2.40. The van der Waals surface area contributed by atoms with Gasteiger partial charge in [-0.15, -0.1) is 0 Å². The van der Waals surface area contributed by atoms with E-state index in [1.807, 2.05) is 18.2 Å². The van der Waals surface area contributed by atoms with E-state index in [0.717, 1.165) is 103 Å². The topological polar surface area (TPSA) is 143 Å². The predicted molar refractivity (Wildman–Crippen MR) is 217 cm³/mol. The second-order valence-electron chi connectivity index (χ2n) is 16.5. The van der Waals surface area contributed by atoms with Gasteiger partial charge in [0.25, 0.3) is 0 Å². The number of piperidine rings is 3. The highest BCUT2D eigenvalue weighted by Crippen LogP contribution is 2.32. The first-order valence-electron chi connectivity index (χ1n) is 21.0. The van der Waals surface area contributed by atoms with Crippen LogP contribution in [0.2, 0.25) is 0 Å². The molecule has 0 spiro atoms. The van der Waals surface area contributed by atoms with Gasteiger partial charge in [0.15, 0.2) is 5.82 Å². The minimum Gasteiger partial charge on any atom is -0.374 e. The molecule has 8 rings (SSSR count). The highest BCUT2D eigenvalue weighted by atomic mass is 19.1. The van der Waals surface area contributed by atoms with Gasteiger partial charge in [-0.3, -0.25) is 29.4 Å². The van der Waals surface area contributed by atoms with Crippen LogP contribution >= 0.6 is 0 Å². The Hall–Kier alpha value is -5.18. The van der Waals surface area contributed by atoms with Crippen molar-refractivity contribution >= 4 is 46.6 Å². The van der Waals surface area contributed by atoms with E-state index in [2.05, 4.69) is 40.6 Å². The van der Waals surface area contributed by atoms with Crippen molar-refractivity contribution in [2.75, 3.05) is 72.8 Å². The largest absolute Gasteiger partial charge is 0.374 e. The van der Waals surface area contributed by atoms with Crippen molar-refractivity contribution < 1.29 is 28.0 Å². The minimum absolute atomic E-state index is 0.00436. The van der Waals surface area contributed by atoms with Gasteiger partial charge in [0, 0.05) is 94.1 Å². The molecule has 4 amide bonds. The lowest BCUT2D eigenvalue weighted by Crippen LogP contribution is -2.50. The van der Waals surface area contributed by atoms with Crippen LogP contribution in [-0.4, -0.2) is 108 Å². The zero-order chi connectivity index (χ0) is 40.2. The van der Waals surface area contributed by atoms with Gasteiger partial charge in [-0.05, 0) is 94.0 Å². The summed E-state index contributed by atoms with van der Waals surface area (Å²) in [6, 6.07) is 11.8. The highest BCUT2D eigenvalue weighted by Gasteiger charge is 2.33. The Morgan fingerprint density at radius 2 is 1.60 bits per heavy atom. The standard InChI is InChI=1S/C43H53F2N9O4/c44-34-25-32(47-36-12-14-38(55)49-41(36)57)11-13-37(34)52-22-20-51(21-23-52)27-28-15-18-53(19-16-28)42(58)29-7-9-31(10-8-29)48-43-46-26-35(45)40(50-43)30-4-3-5-33(24-30)54-17-2-1-6-39(54)56/h3-5,11,13,24-26,28-29,31,36,47H,1-2,6-10,12,14-23,27H2,(H,46,48,50)(H,49,55,57). The number of carbonyl (C=O) groups excluding carboxylic acids is 4. The van der Waals surface area contributed by atoms with Crippen LogP contribution in [0.15, 0.2) is 48.7 Å².